The van der Waals surface area contributed by atoms with Crippen LogP contribution < -0.4 is 4.74 Å². The van der Waals surface area contributed by atoms with Gasteiger partial charge in [-0.3, -0.25) is 10.1 Å². The molecule has 1 N–H and O–H groups in total. The Kier molecular flexibility index (Phi) is 4.59. The number of H-pyrrole nitrogens is 1. The van der Waals surface area contributed by atoms with Crippen molar-refractivity contribution in [1.82, 2.24) is 9.97 Å². The number of hydrogen-bond donors (Lipinski definition) is 1. The first kappa shape index (κ1) is 16.6. The molecule has 1 aromatic heterocycles. The molecular weight excluding hydrogens is 354 g/mol. The van der Waals surface area contributed by atoms with Crippen molar-refractivity contribution in [2.75, 3.05) is 6.79 Å². The molecule has 1 aliphatic heterocycles. The molecule has 2 aromatic carbocycles. The molecule has 0 bridgehead atoms. The van der Waals surface area contributed by atoms with Gasteiger partial charge in [0.15, 0.2) is 11.9 Å². The van der Waals surface area contributed by atoms with Crippen molar-refractivity contribution in [1.29, 1.82) is 0 Å². The largest absolute Gasteiger partial charge is 0.467 e. The fourth-order valence-electron chi connectivity index (χ4n) is 2.78. The topological polar surface area (TPSA) is 90.3 Å². The maximum Gasteiger partial charge on any atom is 0.270 e. The fourth-order valence-corrected chi connectivity index (χ4v) is 3.60. The molecule has 8 heteroatoms. The number of thioether (sulfide) groups is 1. The molecule has 0 atom stereocenters. The number of nitrogens with zero attached hydrogens (tertiary/aromatic N) is 2. The van der Waals surface area contributed by atoms with Crippen LogP contribution in [-0.4, -0.2) is 21.7 Å². The molecule has 26 heavy (non-hydrogen) atoms. The zero-order valence-electron chi connectivity index (χ0n) is 13.7. The summed E-state index contributed by atoms with van der Waals surface area (Å²) in [5.74, 6) is 1.18. The molecule has 3 aromatic rings. The van der Waals surface area contributed by atoms with Gasteiger partial charge < -0.3 is 14.5 Å². The van der Waals surface area contributed by atoms with Crippen molar-refractivity contribution < 1.29 is 14.4 Å². The quantitative estimate of drug-likeness (QED) is 0.413. The summed E-state index contributed by atoms with van der Waals surface area (Å²) < 4.78 is 10.8. The molecule has 0 saturated heterocycles. The normalized spacial score (nSPS) is 13.1. The highest BCUT2D eigenvalue weighted by molar-refractivity contribution is 7.98. The van der Waals surface area contributed by atoms with Crippen LogP contribution in [0.2, 0.25) is 0 Å². The van der Waals surface area contributed by atoms with E-state index in [-0.39, 0.29) is 12.5 Å². The van der Waals surface area contributed by atoms with Crippen LogP contribution in [0, 0.1) is 10.1 Å². The van der Waals surface area contributed by atoms with Gasteiger partial charge in [0.1, 0.15) is 5.75 Å². The number of nitrogens with one attached hydrogen (secondary N) is 1. The summed E-state index contributed by atoms with van der Waals surface area (Å²) in [6.07, 6.45) is 1.78. The van der Waals surface area contributed by atoms with Crippen LogP contribution in [0.15, 0.2) is 53.8 Å². The van der Waals surface area contributed by atoms with Gasteiger partial charge in [-0.15, -0.1) is 0 Å². The van der Waals surface area contributed by atoms with Crippen LogP contribution in [0.4, 0.5) is 5.69 Å². The predicted molar refractivity (Wildman–Crippen MR) is 97.0 cm³/mol. The third-order valence-electron chi connectivity index (χ3n) is 3.98. The molecule has 0 radical (unpaired) electrons. The molecule has 4 rings (SSSR count). The number of non-ortho nitro benzene ring substituents is 1. The Morgan fingerprint density at radius 1 is 1.27 bits per heavy atom. The minimum Gasteiger partial charge on any atom is -0.467 e. The van der Waals surface area contributed by atoms with Crippen LogP contribution in [0.1, 0.15) is 11.1 Å². The van der Waals surface area contributed by atoms with Crippen LogP contribution in [0.3, 0.4) is 0 Å². The molecule has 0 aliphatic carbocycles. The van der Waals surface area contributed by atoms with Gasteiger partial charge in [-0.25, -0.2) is 4.98 Å². The number of rotatable bonds is 5. The van der Waals surface area contributed by atoms with E-state index in [1.807, 2.05) is 30.3 Å². The maximum absolute atomic E-state index is 11.2. The second kappa shape index (κ2) is 7.19. The SMILES string of the molecule is O=[N+]([O-])c1cc2c(c(CSc3ncc(-c4ccccc4)[nH]3)c1)OCOC2. The summed E-state index contributed by atoms with van der Waals surface area (Å²) in [6, 6.07) is 13.0. The number of fused-ring (bicyclic) bond motifs is 1. The van der Waals surface area contributed by atoms with E-state index in [0.717, 1.165) is 22.0 Å². The van der Waals surface area contributed by atoms with Crippen molar-refractivity contribution in [3.8, 4) is 17.0 Å². The van der Waals surface area contributed by atoms with Gasteiger partial charge in [-0.1, -0.05) is 42.1 Å². The number of benzene rings is 2. The highest BCUT2D eigenvalue weighted by Gasteiger charge is 2.21. The summed E-state index contributed by atoms with van der Waals surface area (Å²) in [6.45, 7) is 0.467. The van der Waals surface area contributed by atoms with Crippen LogP contribution >= 0.6 is 11.8 Å². The number of aromatic nitrogens is 2. The first-order chi connectivity index (χ1) is 12.7. The summed E-state index contributed by atoms with van der Waals surface area (Å²) >= 11 is 1.47. The van der Waals surface area contributed by atoms with Crippen molar-refractivity contribution in [2.45, 2.75) is 17.5 Å². The minimum atomic E-state index is -0.399. The third-order valence-corrected chi connectivity index (χ3v) is 4.92. The summed E-state index contributed by atoms with van der Waals surface area (Å²) in [4.78, 5) is 18.4. The van der Waals surface area contributed by atoms with Gasteiger partial charge >= 0.3 is 0 Å². The van der Waals surface area contributed by atoms with Gasteiger partial charge in [-0.05, 0) is 5.56 Å². The van der Waals surface area contributed by atoms with Gasteiger partial charge in [0, 0.05) is 29.0 Å². The zero-order valence-corrected chi connectivity index (χ0v) is 14.5. The lowest BCUT2D eigenvalue weighted by molar-refractivity contribution is -0.385. The van der Waals surface area contributed by atoms with Gasteiger partial charge in [0.2, 0.25) is 0 Å². The third kappa shape index (κ3) is 3.42. The van der Waals surface area contributed by atoms with Gasteiger partial charge in [-0.2, -0.15) is 0 Å². The van der Waals surface area contributed by atoms with E-state index in [4.69, 9.17) is 9.47 Å². The number of nitro groups is 1. The average Bonchev–Trinajstić information content (AvgIpc) is 3.15. The van der Waals surface area contributed by atoms with Gasteiger partial charge in [0.05, 0.1) is 23.4 Å². The van der Waals surface area contributed by atoms with Crippen molar-refractivity contribution in [2.24, 2.45) is 0 Å². The molecule has 1 aliphatic rings. The average molecular weight is 369 g/mol. The van der Waals surface area contributed by atoms with Crippen LogP contribution in [-0.2, 0) is 17.1 Å². The predicted octanol–water partition coefficient (Wildman–Crippen LogP) is 4.14. The summed E-state index contributed by atoms with van der Waals surface area (Å²) in [7, 11) is 0. The van der Waals surface area contributed by atoms with E-state index >= 15 is 0 Å². The molecule has 0 fully saturated rings. The van der Waals surface area contributed by atoms with Crippen molar-refractivity contribution in [3.05, 3.63) is 69.9 Å². The standard InChI is InChI=1S/C18H15N3O4S/c22-21(23)15-6-13-9-24-11-25-17(13)14(7-15)10-26-18-19-8-16(20-18)12-4-2-1-3-5-12/h1-8H,9-11H2,(H,19,20). The number of nitro benzene ring substituents is 1. The fraction of sp³-hybridized carbons (Fsp3) is 0.167. The molecule has 132 valence electrons. The second-order valence-corrected chi connectivity index (χ2v) is 6.68. The smallest absolute Gasteiger partial charge is 0.270 e. The Morgan fingerprint density at radius 3 is 2.92 bits per heavy atom. The van der Waals surface area contributed by atoms with Crippen LogP contribution in [0.5, 0.6) is 5.75 Å². The monoisotopic (exact) mass is 369 g/mol. The Morgan fingerprint density at radius 2 is 2.12 bits per heavy atom. The second-order valence-electron chi connectivity index (χ2n) is 5.72. The number of aromatic amines is 1. The lowest BCUT2D eigenvalue weighted by Gasteiger charge is -2.20. The Labute approximate surface area is 153 Å². The summed E-state index contributed by atoms with van der Waals surface area (Å²) in [5.41, 5.74) is 3.49. The Bertz CT molecular complexity index is 943. The zero-order chi connectivity index (χ0) is 17.9. The summed E-state index contributed by atoms with van der Waals surface area (Å²) in [5, 5.41) is 11.9. The van der Waals surface area contributed by atoms with E-state index in [1.54, 1.807) is 12.3 Å². The van der Waals surface area contributed by atoms with E-state index in [2.05, 4.69) is 9.97 Å². The number of imidazole rings is 1. The molecule has 2 heterocycles. The minimum absolute atomic E-state index is 0.0397. The van der Waals surface area contributed by atoms with E-state index in [0.29, 0.717) is 23.7 Å². The highest BCUT2D eigenvalue weighted by atomic mass is 32.2. The molecule has 7 nitrogen and oxygen atoms in total. The van der Waals surface area contributed by atoms with Crippen molar-refractivity contribution >= 4 is 17.4 Å². The lowest BCUT2D eigenvalue weighted by Crippen LogP contribution is -2.13. The van der Waals surface area contributed by atoms with Crippen molar-refractivity contribution in [3.63, 3.8) is 0 Å². The highest BCUT2D eigenvalue weighted by Crippen LogP contribution is 2.36. The van der Waals surface area contributed by atoms with Crippen LogP contribution in [0.25, 0.3) is 11.3 Å². The van der Waals surface area contributed by atoms with E-state index in [9.17, 15) is 10.1 Å². The van der Waals surface area contributed by atoms with E-state index in [1.165, 1.54) is 17.8 Å². The molecule has 0 amide bonds. The Hall–Kier alpha value is -2.84. The van der Waals surface area contributed by atoms with Gasteiger partial charge in [0.25, 0.3) is 5.69 Å². The maximum atomic E-state index is 11.2. The molecule has 0 saturated carbocycles. The molecule has 0 unspecified atom stereocenters. The number of ether oxygens (including phenoxy) is 2. The molecule has 0 spiro atoms. The number of hydrogen-bond acceptors (Lipinski definition) is 6. The lowest BCUT2D eigenvalue weighted by atomic mass is 10.1. The molecular formula is C18H15N3O4S. The first-order valence-electron chi connectivity index (χ1n) is 7.94. The van der Waals surface area contributed by atoms with E-state index < -0.39 is 4.92 Å². The first-order valence-corrected chi connectivity index (χ1v) is 8.93. The Balaban J connectivity index is 1.55.